The number of para-hydroxylation sites is 2. The summed E-state index contributed by atoms with van der Waals surface area (Å²) in [5.41, 5.74) is 18.1. The number of hydrogen-bond acceptors (Lipinski definition) is 1. The molecule has 0 amide bonds. The Hall–Kier alpha value is -5.80. The van der Waals surface area contributed by atoms with Gasteiger partial charge in [0.25, 0.3) is 6.71 Å². The normalized spacial score (nSPS) is 12.8. The van der Waals surface area contributed by atoms with Crippen LogP contribution in [0.25, 0.3) is 60.9 Å². The zero-order chi connectivity index (χ0) is 31.2. The zero-order valence-electron chi connectivity index (χ0n) is 26.4. The molecule has 0 radical (unpaired) electrons. The fraction of sp³-hybridized carbons (Fsp3) is 0.0455. The van der Waals surface area contributed by atoms with Crippen LogP contribution in [0.4, 0.5) is 11.4 Å². The molecule has 3 heterocycles. The second kappa shape index (κ2) is 9.85. The molecule has 2 aliphatic heterocycles. The van der Waals surface area contributed by atoms with Crippen molar-refractivity contribution in [3.05, 3.63) is 157 Å². The molecule has 0 unspecified atom stereocenters. The minimum absolute atomic E-state index is 0.131. The third kappa shape index (κ3) is 3.63. The summed E-state index contributed by atoms with van der Waals surface area (Å²) >= 11 is 0. The lowest BCUT2D eigenvalue weighted by molar-refractivity contribution is 1.12. The monoisotopic (exact) mass is 598 g/mol. The molecule has 0 saturated carbocycles. The topological polar surface area (TPSA) is 8.17 Å². The smallest absolute Gasteiger partial charge is 0.252 e. The van der Waals surface area contributed by atoms with E-state index in [4.69, 9.17) is 0 Å². The molecule has 10 rings (SSSR count). The Morgan fingerprint density at radius 2 is 1.19 bits per heavy atom. The average molecular weight is 599 g/mol. The lowest BCUT2D eigenvalue weighted by Crippen LogP contribution is -2.60. The summed E-state index contributed by atoms with van der Waals surface area (Å²) in [6.07, 6.45) is 0. The highest BCUT2D eigenvalue weighted by Crippen LogP contribution is 2.43. The van der Waals surface area contributed by atoms with Crippen molar-refractivity contribution in [2.24, 2.45) is 0 Å². The summed E-state index contributed by atoms with van der Waals surface area (Å²) in [7, 11) is 2.25. The number of hydrogen-bond donors (Lipinski definition) is 0. The fourth-order valence-electron chi connectivity index (χ4n) is 8.57. The van der Waals surface area contributed by atoms with Gasteiger partial charge in [-0.15, -0.1) is 0 Å². The van der Waals surface area contributed by atoms with Gasteiger partial charge in [-0.3, -0.25) is 0 Å². The molecule has 0 aliphatic carbocycles. The maximum atomic E-state index is 2.56. The number of anilines is 2. The Bertz CT molecular complexity index is 2560. The molecule has 7 aromatic carbocycles. The first-order valence-corrected chi connectivity index (χ1v) is 16.5. The Labute approximate surface area is 275 Å². The van der Waals surface area contributed by atoms with Crippen LogP contribution in [0.15, 0.2) is 152 Å². The van der Waals surface area contributed by atoms with Crippen molar-refractivity contribution in [2.45, 2.75) is 6.92 Å². The van der Waals surface area contributed by atoms with E-state index in [9.17, 15) is 0 Å². The highest BCUT2D eigenvalue weighted by Gasteiger charge is 2.42. The van der Waals surface area contributed by atoms with Crippen molar-refractivity contribution in [2.75, 3.05) is 11.9 Å². The minimum Gasteiger partial charge on any atom is -0.345 e. The van der Waals surface area contributed by atoms with Crippen molar-refractivity contribution >= 4 is 56.2 Å². The largest absolute Gasteiger partial charge is 0.345 e. The van der Waals surface area contributed by atoms with Gasteiger partial charge in [0.2, 0.25) is 0 Å². The Kier molecular flexibility index (Phi) is 5.54. The van der Waals surface area contributed by atoms with Crippen LogP contribution in [0.2, 0.25) is 0 Å². The van der Waals surface area contributed by atoms with Gasteiger partial charge in [-0.1, -0.05) is 133 Å². The van der Waals surface area contributed by atoms with Crippen molar-refractivity contribution in [3.63, 3.8) is 0 Å². The van der Waals surface area contributed by atoms with E-state index in [1.165, 1.54) is 94.2 Å². The van der Waals surface area contributed by atoms with E-state index < -0.39 is 0 Å². The van der Waals surface area contributed by atoms with Gasteiger partial charge < -0.3 is 9.47 Å². The van der Waals surface area contributed by atoms with Crippen molar-refractivity contribution in [1.29, 1.82) is 0 Å². The molecule has 2 nitrogen and oxygen atoms in total. The summed E-state index contributed by atoms with van der Waals surface area (Å²) in [5.74, 6) is 0. The number of aromatic nitrogens is 1. The van der Waals surface area contributed by atoms with E-state index in [1.54, 1.807) is 0 Å². The SMILES string of the molecule is Cc1c(-c2ccc3ccccc3c2)n2c3c(cccc13)B1c3cccc(-c4ccccc4-c4ccccc4)c3N(C)c3cccc-2c31. The summed E-state index contributed by atoms with van der Waals surface area (Å²) in [4.78, 5) is 2.44. The van der Waals surface area contributed by atoms with Crippen molar-refractivity contribution < 1.29 is 0 Å². The molecule has 0 bridgehead atoms. The van der Waals surface area contributed by atoms with Crippen LogP contribution in [0.5, 0.6) is 0 Å². The summed E-state index contributed by atoms with van der Waals surface area (Å²) in [5, 5.41) is 3.86. The zero-order valence-corrected chi connectivity index (χ0v) is 26.4. The second-order valence-corrected chi connectivity index (χ2v) is 13.0. The third-order valence-corrected chi connectivity index (χ3v) is 10.6. The first kappa shape index (κ1) is 26.4. The number of fused-ring (bicyclic) bond motifs is 5. The minimum atomic E-state index is 0.131. The molecule has 47 heavy (non-hydrogen) atoms. The van der Waals surface area contributed by atoms with E-state index in [0.717, 1.165) is 0 Å². The van der Waals surface area contributed by atoms with E-state index >= 15 is 0 Å². The number of rotatable bonds is 3. The molecule has 2 aliphatic rings. The standard InChI is InChI=1S/C44H31BN2/c1-28-33-19-10-22-38-44(33)47(42(28)32-26-25-29-13-6-7-16-31(29)27-32)40-24-12-23-39-41(40)45(38)37-21-11-20-36(43(37)46(39)2)35-18-9-8-17-34(35)30-14-4-3-5-15-30/h3-27H,1-2H3. The van der Waals surface area contributed by atoms with E-state index in [2.05, 4.69) is 175 Å². The molecule has 0 atom stereocenters. The third-order valence-electron chi connectivity index (χ3n) is 10.6. The quantitative estimate of drug-likeness (QED) is 0.184. The molecule has 0 saturated heterocycles. The van der Waals surface area contributed by atoms with E-state index in [1.807, 2.05) is 0 Å². The van der Waals surface area contributed by atoms with Crippen LogP contribution in [-0.4, -0.2) is 18.3 Å². The lowest BCUT2D eigenvalue weighted by atomic mass is 9.33. The molecular formula is C44H31BN2. The van der Waals surface area contributed by atoms with Crippen LogP contribution < -0.4 is 21.3 Å². The highest BCUT2D eigenvalue weighted by atomic mass is 15.1. The van der Waals surface area contributed by atoms with Gasteiger partial charge in [-0.25, -0.2) is 0 Å². The van der Waals surface area contributed by atoms with Crippen molar-refractivity contribution in [3.8, 4) is 39.2 Å². The Morgan fingerprint density at radius 3 is 2.06 bits per heavy atom. The van der Waals surface area contributed by atoms with Gasteiger partial charge in [-0.05, 0) is 80.1 Å². The van der Waals surface area contributed by atoms with Crippen LogP contribution in [0.1, 0.15) is 5.56 Å². The van der Waals surface area contributed by atoms with Gasteiger partial charge >= 0.3 is 0 Å². The first-order chi connectivity index (χ1) is 23.2. The Balaban J connectivity index is 1.26. The molecule has 3 heteroatoms. The van der Waals surface area contributed by atoms with Crippen LogP contribution in [0.3, 0.4) is 0 Å². The fourth-order valence-corrected chi connectivity index (χ4v) is 8.57. The summed E-state index contributed by atoms with van der Waals surface area (Å²) < 4.78 is 2.56. The van der Waals surface area contributed by atoms with Crippen molar-refractivity contribution in [1.82, 2.24) is 4.57 Å². The van der Waals surface area contributed by atoms with E-state index in [-0.39, 0.29) is 6.71 Å². The summed E-state index contributed by atoms with van der Waals surface area (Å²) in [6.45, 7) is 2.43. The van der Waals surface area contributed by atoms with E-state index in [0.29, 0.717) is 0 Å². The van der Waals surface area contributed by atoms with Gasteiger partial charge in [0.05, 0.1) is 5.69 Å². The predicted octanol–water partition coefficient (Wildman–Crippen LogP) is 9.00. The van der Waals surface area contributed by atoms with Gasteiger partial charge in [0, 0.05) is 40.6 Å². The molecule has 0 N–H and O–H groups in total. The number of nitrogens with zero attached hydrogens (tertiary/aromatic N) is 2. The maximum Gasteiger partial charge on any atom is 0.252 e. The molecule has 8 aromatic rings. The van der Waals surface area contributed by atoms with Crippen LogP contribution in [0, 0.1) is 6.92 Å². The molecule has 0 fully saturated rings. The highest BCUT2D eigenvalue weighted by molar-refractivity contribution is 7.00. The molecule has 220 valence electrons. The maximum absolute atomic E-state index is 2.56. The summed E-state index contributed by atoms with van der Waals surface area (Å²) in [6, 6.07) is 56.0. The van der Waals surface area contributed by atoms with Gasteiger partial charge in [0.15, 0.2) is 0 Å². The Morgan fingerprint density at radius 1 is 0.511 bits per heavy atom. The second-order valence-electron chi connectivity index (χ2n) is 13.0. The van der Waals surface area contributed by atoms with Gasteiger partial charge in [0.1, 0.15) is 0 Å². The van der Waals surface area contributed by atoms with Crippen LogP contribution >= 0.6 is 0 Å². The first-order valence-electron chi connectivity index (χ1n) is 16.5. The average Bonchev–Trinajstić information content (AvgIpc) is 3.44. The molecular weight excluding hydrogens is 567 g/mol. The number of benzene rings is 7. The predicted molar refractivity (Wildman–Crippen MR) is 201 cm³/mol. The lowest BCUT2D eigenvalue weighted by Gasteiger charge is -2.40. The van der Waals surface area contributed by atoms with Crippen LogP contribution in [-0.2, 0) is 0 Å². The van der Waals surface area contributed by atoms with Gasteiger partial charge in [-0.2, -0.15) is 0 Å². The molecule has 1 aromatic heterocycles. The number of aryl methyl sites for hydroxylation is 1. The molecule has 0 spiro atoms.